The summed E-state index contributed by atoms with van der Waals surface area (Å²) in [7, 11) is 0. The van der Waals surface area contributed by atoms with Gasteiger partial charge < -0.3 is 5.73 Å². The number of nitrogens with two attached hydrogens (primary N) is 1. The summed E-state index contributed by atoms with van der Waals surface area (Å²) < 4.78 is 0. The lowest BCUT2D eigenvalue weighted by atomic mass is 10.0. The lowest BCUT2D eigenvalue weighted by Gasteiger charge is -1.98. The molecule has 2 N–H and O–H groups in total. The minimum atomic E-state index is -1.03. The van der Waals surface area contributed by atoms with E-state index < -0.39 is 17.6 Å². The molecule has 0 saturated heterocycles. The number of carbonyl (C=O) groups is 2. The van der Waals surface area contributed by atoms with E-state index in [1.54, 1.807) is 13.0 Å². The first kappa shape index (κ1) is 8.63. The van der Waals surface area contributed by atoms with Gasteiger partial charge in [0.05, 0.1) is 6.07 Å². The van der Waals surface area contributed by atoms with Gasteiger partial charge in [-0.1, -0.05) is 6.92 Å². The molecule has 0 heterocycles. The second-order valence-electron chi connectivity index (χ2n) is 1.82. The summed E-state index contributed by atoms with van der Waals surface area (Å²) in [6.45, 7) is 1.65. The molecule has 4 nitrogen and oxygen atoms in total. The van der Waals surface area contributed by atoms with Gasteiger partial charge in [-0.15, -0.1) is 0 Å². The van der Waals surface area contributed by atoms with Crippen LogP contribution in [0.25, 0.3) is 0 Å². The van der Waals surface area contributed by atoms with Crippen LogP contribution in [0.3, 0.4) is 0 Å². The van der Waals surface area contributed by atoms with E-state index in [0.717, 1.165) is 0 Å². The summed E-state index contributed by atoms with van der Waals surface area (Å²) in [6.07, 6.45) is 0.332. The Bertz CT molecular complexity index is 192. The zero-order valence-electron chi connectivity index (χ0n) is 5.63. The van der Waals surface area contributed by atoms with Gasteiger partial charge in [-0.05, 0) is 6.42 Å². The lowest BCUT2D eigenvalue weighted by molar-refractivity contribution is -0.137. The molecule has 0 radical (unpaired) electrons. The molecule has 0 spiro atoms. The Morgan fingerprint density at radius 1 is 1.70 bits per heavy atom. The molecule has 0 aliphatic rings. The van der Waals surface area contributed by atoms with Crippen LogP contribution in [0.2, 0.25) is 0 Å². The molecular formula is C6H8N2O2. The van der Waals surface area contributed by atoms with Crippen molar-refractivity contribution in [3.63, 3.8) is 0 Å². The first-order chi connectivity index (χ1) is 4.63. The predicted molar refractivity (Wildman–Crippen MR) is 33.6 cm³/mol. The maximum atomic E-state index is 10.6. The molecule has 1 atom stereocenters. The van der Waals surface area contributed by atoms with Crippen molar-refractivity contribution < 1.29 is 9.59 Å². The second kappa shape index (κ2) is 3.62. The van der Waals surface area contributed by atoms with Crippen molar-refractivity contribution in [1.29, 1.82) is 5.26 Å². The van der Waals surface area contributed by atoms with Crippen molar-refractivity contribution in [2.75, 3.05) is 0 Å². The van der Waals surface area contributed by atoms with Crippen molar-refractivity contribution >= 4 is 11.7 Å². The fourth-order valence-electron chi connectivity index (χ4n) is 0.507. The fraction of sp³-hybridized carbons (Fsp3) is 0.500. The van der Waals surface area contributed by atoms with Crippen LogP contribution in [0.15, 0.2) is 0 Å². The van der Waals surface area contributed by atoms with E-state index in [1.165, 1.54) is 0 Å². The van der Waals surface area contributed by atoms with E-state index >= 15 is 0 Å². The summed E-state index contributed by atoms with van der Waals surface area (Å²) in [5, 5.41) is 8.27. The Balaban J connectivity index is 4.20. The van der Waals surface area contributed by atoms with Crippen LogP contribution < -0.4 is 5.73 Å². The average Bonchev–Trinajstić information content (AvgIpc) is 1.90. The minimum absolute atomic E-state index is 0.332. The Kier molecular flexibility index (Phi) is 3.12. The van der Waals surface area contributed by atoms with Gasteiger partial charge in [0.15, 0.2) is 0 Å². The molecule has 1 unspecified atom stereocenters. The van der Waals surface area contributed by atoms with Crippen molar-refractivity contribution in [2.24, 2.45) is 11.7 Å². The lowest BCUT2D eigenvalue weighted by Crippen LogP contribution is -2.28. The molecule has 0 aromatic carbocycles. The zero-order chi connectivity index (χ0) is 8.15. The SMILES string of the molecule is CCC(C#N)C(=O)C(N)=O. The summed E-state index contributed by atoms with van der Waals surface area (Å²) >= 11 is 0. The van der Waals surface area contributed by atoms with Crippen molar-refractivity contribution in [2.45, 2.75) is 13.3 Å². The molecule has 0 aromatic heterocycles. The standard InChI is InChI=1S/C6H8N2O2/c1-2-4(3-7)5(9)6(8)10/h4H,2H2,1H3,(H2,8,10). The first-order valence-electron chi connectivity index (χ1n) is 2.86. The minimum Gasteiger partial charge on any atom is -0.363 e. The number of hydrogen-bond donors (Lipinski definition) is 1. The molecule has 10 heavy (non-hydrogen) atoms. The highest BCUT2D eigenvalue weighted by atomic mass is 16.2. The highest BCUT2D eigenvalue weighted by Crippen LogP contribution is 2.00. The van der Waals surface area contributed by atoms with E-state index in [9.17, 15) is 9.59 Å². The third kappa shape index (κ3) is 1.86. The van der Waals surface area contributed by atoms with Crippen LogP contribution >= 0.6 is 0 Å². The molecule has 1 amide bonds. The highest BCUT2D eigenvalue weighted by Gasteiger charge is 2.20. The van der Waals surface area contributed by atoms with Crippen LogP contribution in [-0.4, -0.2) is 11.7 Å². The number of carbonyl (C=O) groups excluding carboxylic acids is 2. The topological polar surface area (TPSA) is 83.9 Å². The zero-order valence-corrected chi connectivity index (χ0v) is 5.63. The molecule has 0 bridgehead atoms. The largest absolute Gasteiger partial charge is 0.363 e. The van der Waals surface area contributed by atoms with Gasteiger partial charge in [-0.3, -0.25) is 9.59 Å². The van der Waals surface area contributed by atoms with Crippen LogP contribution in [0.5, 0.6) is 0 Å². The van der Waals surface area contributed by atoms with E-state index in [4.69, 9.17) is 5.26 Å². The van der Waals surface area contributed by atoms with E-state index in [-0.39, 0.29) is 0 Å². The van der Waals surface area contributed by atoms with Gasteiger partial charge in [0.1, 0.15) is 5.92 Å². The molecule has 0 aromatic rings. The fourth-order valence-corrected chi connectivity index (χ4v) is 0.507. The van der Waals surface area contributed by atoms with Crippen LogP contribution in [-0.2, 0) is 9.59 Å². The third-order valence-corrected chi connectivity index (χ3v) is 1.12. The van der Waals surface area contributed by atoms with Crippen molar-refractivity contribution in [1.82, 2.24) is 0 Å². The number of ketones is 1. The monoisotopic (exact) mass is 140 g/mol. The normalized spacial score (nSPS) is 11.6. The smallest absolute Gasteiger partial charge is 0.286 e. The maximum absolute atomic E-state index is 10.6. The van der Waals surface area contributed by atoms with Gasteiger partial charge in [-0.25, -0.2) is 0 Å². The molecule has 0 fully saturated rings. The first-order valence-corrected chi connectivity index (χ1v) is 2.86. The highest BCUT2D eigenvalue weighted by molar-refractivity contribution is 6.36. The van der Waals surface area contributed by atoms with Crippen molar-refractivity contribution in [3.05, 3.63) is 0 Å². The summed E-state index contributed by atoms with van der Waals surface area (Å²) in [5.41, 5.74) is 4.65. The van der Waals surface area contributed by atoms with E-state index in [0.29, 0.717) is 6.42 Å². The Hall–Kier alpha value is -1.37. The molecule has 0 saturated carbocycles. The number of nitriles is 1. The Morgan fingerprint density at radius 2 is 2.20 bits per heavy atom. The Labute approximate surface area is 58.6 Å². The predicted octanol–water partition coefficient (Wildman–Crippen LogP) is -0.409. The van der Waals surface area contributed by atoms with Crippen molar-refractivity contribution in [3.8, 4) is 6.07 Å². The quantitative estimate of drug-likeness (QED) is 0.541. The summed E-state index contributed by atoms with van der Waals surface area (Å²) in [6, 6.07) is 1.68. The third-order valence-electron chi connectivity index (χ3n) is 1.12. The number of amides is 1. The number of nitrogens with zero attached hydrogens (tertiary/aromatic N) is 1. The number of hydrogen-bond acceptors (Lipinski definition) is 3. The summed E-state index contributed by atoms with van der Waals surface area (Å²) in [5.74, 6) is -2.70. The number of primary amides is 1. The molecular weight excluding hydrogens is 132 g/mol. The van der Waals surface area contributed by atoms with Gasteiger partial charge in [0.2, 0.25) is 5.78 Å². The number of rotatable bonds is 3. The van der Waals surface area contributed by atoms with E-state index in [2.05, 4.69) is 5.73 Å². The molecule has 54 valence electrons. The Morgan fingerprint density at radius 3 is 2.30 bits per heavy atom. The molecule has 0 aliphatic carbocycles. The maximum Gasteiger partial charge on any atom is 0.286 e. The van der Waals surface area contributed by atoms with Gasteiger partial charge in [0, 0.05) is 0 Å². The van der Waals surface area contributed by atoms with Crippen LogP contribution in [0, 0.1) is 17.2 Å². The van der Waals surface area contributed by atoms with Gasteiger partial charge in [0.25, 0.3) is 5.91 Å². The second-order valence-corrected chi connectivity index (χ2v) is 1.82. The van der Waals surface area contributed by atoms with Crippen LogP contribution in [0.1, 0.15) is 13.3 Å². The number of Topliss-reactive ketones (excluding diaryl/α,β-unsaturated/α-hetero) is 1. The molecule has 0 rings (SSSR count). The van der Waals surface area contributed by atoms with Gasteiger partial charge >= 0.3 is 0 Å². The van der Waals surface area contributed by atoms with Gasteiger partial charge in [-0.2, -0.15) is 5.26 Å². The summed E-state index contributed by atoms with van der Waals surface area (Å²) in [4.78, 5) is 20.8. The molecule has 4 heteroatoms. The average molecular weight is 140 g/mol. The molecule has 0 aliphatic heterocycles. The van der Waals surface area contributed by atoms with E-state index in [1.807, 2.05) is 0 Å². The van der Waals surface area contributed by atoms with Crippen LogP contribution in [0.4, 0.5) is 0 Å².